The number of carbonyl (C=O) groups is 2. The lowest BCUT2D eigenvalue weighted by molar-refractivity contribution is -0.137. The zero-order valence-electron chi connectivity index (χ0n) is 18.4. The van der Waals surface area contributed by atoms with Crippen LogP contribution in [0, 0.1) is 0 Å². The number of esters is 1. The summed E-state index contributed by atoms with van der Waals surface area (Å²) in [6.45, 7) is 4.59. The fraction of sp³-hybridized carbons (Fsp3) is 0.217. The number of thioether (sulfide) groups is 1. The first-order valence-corrected chi connectivity index (χ1v) is 11.3. The SMILES string of the molecule is CCOC(=O)/C=C/c1ccc(NC(=O)CSc2nnc(-c3ccc(OCC)cc3)n2N)cc1. The largest absolute Gasteiger partial charge is 0.494 e. The molecule has 10 heteroatoms. The molecule has 172 valence electrons. The molecule has 3 N–H and O–H groups in total. The third-order valence-corrected chi connectivity index (χ3v) is 5.26. The van der Waals surface area contributed by atoms with Crippen molar-refractivity contribution in [2.45, 2.75) is 19.0 Å². The molecule has 0 spiro atoms. The summed E-state index contributed by atoms with van der Waals surface area (Å²) < 4.78 is 11.6. The Kier molecular flexibility index (Phi) is 8.48. The quantitative estimate of drug-likeness (QED) is 0.201. The second-order valence-corrected chi connectivity index (χ2v) is 7.62. The molecule has 9 nitrogen and oxygen atoms in total. The molecule has 0 radical (unpaired) electrons. The van der Waals surface area contributed by atoms with Gasteiger partial charge in [0.05, 0.1) is 19.0 Å². The van der Waals surface area contributed by atoms with Crippen LogP contribution in [-0.2, 0) is 14.3 Å². The highest BCUT2D eigenvalue weighted by atomic mass is 32.2. The van der Waals surface area contributed by atoms with Crippen LogP contribution >= 0.6 is 11.8 Å². The van der Waals surface area contributed by atoms with Gasteiger partial charge in [0, 0.05) is 17.3 Å². The van der Waals surface area contributed by atoms with Crippen LogP contribution in [0.4, 0.5) is 5.69 Å². The number of anilines is 1. The second-order valence-electron chi connectivity index (χ2n) is 6.68. The van der Waals surface area contributed by atoms with Crippen molar-refractivity contribution in [3.63, 3.8) is 0 Å². The molecule has 0 atom stereocenters. The van der Waals surface area contributed by atoms with Crippen LogP contribution in [0.3, 0.4) is 0 Å². The summed E-state index contributed by atoms with van der Waals surface area (Å²) in [5.74, 6) is 6.89. The van der Waals surface area contributed by atoms with E-state index in [1.165, 1.54) is 22.5 Å². The summed E-state index contributed by atoms with van der Waals surface area (Å²) in [6.07, 6.45) is 3.01. The average molecular weight is 468 g/mol. The Hall–Kier alpha value is -3.79. The molecule has 0 aliphatic rings. The average Bonchev–Trinajstić information content (AvgIpc) is 3.18. The Bertz CT molecular complexity index is 1110. The molecule has 0 fully saturated rings. The zero-order valence-corrected chi connectivity index (χ0v) is 19.2. The molecule has 0 saturated heterocycles. The normalized spacial score (nSPS) is 10.8. The van der Waals surface area contributed by atoms with Gasteiger partial charge in [0.1, 0.15) is 5.75 Å². The van der Waals surface area contributed by atoms with Crippen molar-refractivity contribution in [3.05, 3.63) is 60.2 Å². The molecule has 0 aliphatic carbocycles. The fourth-order valence-corrected chi connectivity index (χ4v) is 3.46. The number of nitrogens with two attached hydrogens (primary N) is 1. The minimum atomic E-state index is -0.398. The summed E-state index contributed by atoms with van der Waals surface area (Å²) in [5, 5.41) is 11.5. The van der Waals surface area contributed by atoms with Crippen LogP contribution in [0.1, 0.15) is 19.4 Å². The van der Waals surface area contributed by atoms with E-state index in [2.05, 4.69) is 15.5 Å². The van der Waals surface area contributed by atoms with Gasteiger partial charge in [0.2, 0.25) is 11.1 Å². The van der Waals surface area contributed by atoms with Crippen LogP contribution in [0.25, 0.3) is 17.5 Å². The first-order valence-electron chi connectivity index (χ1n) is 10.3. The minimum Gasteiger partial charge on any atom is -0.494 e. The van der Waals surface area contributed by atoms with E-state index in [1.807, 2.05) is 31.2 Å². The molecule has 3 rings (SSSR count). The van der Waals surface area contributed by atoms with E-state index < -0.39 is 5.97 Å². The molecule has 0 unspecified atom stereocenters. The van der Waals surface area contributed by atoms with Crippen molar-refractivity contribution in [1.29, 1.82) is 0 Å². The summed E-state index contributed by atoms with van der Waals surface area (Å²) in [7, 11) is 0. The monoisotopic (exact) mass is 467 g/mol. The zero-order chi connectivity index (χ0) is 23.6. The Balaban J connectivity index is 1.53. The molecular weight excluding hydrogens is 442 g/mol. The van der Waals surface area contributed by atoms with Crippen molar-refractivity contribution >= 4 is 35.4 Å². The highest BCUT2D eigenvalue weighted by molar-refractivity contribution is 7.99. The predicted molar refractivity (Wildman–Crippen MR) is 128 cm³/mol. The van der Waals surface area contributed by atoms with E-state index in [0.29, 0.717) is 29.9 Å². The molecule has 2 aromatic carbocycles. The van der Waals surface area contributed by atoms with Gasteiger partial charge in [0.25, 0.3) is 0 Å². The molecule has 1 aromatic heterocycles. The number of rotatable bonds is 10. The van der Waals surface area contributed by atoms with E-state index in [4.69, 9.17) is 15.3 Å². The Morgan fingerprint density at radius 2 is 1.79 bits per heavy atom. The topological polar surface area (TPSA) is 121 Å². The highest BCUT2D eigenvalue weighted by Crippen LogP contribution is 2.24. The minimum absolute atomic E-state index is 0.114. The van der Waals surface area contributed by atoms with Crippen molar-refractivity contribution in [2.75, 3.05) is 30.1 Å². The van der Waals surface area contributed by atoms with E-state index in [1.54, 1.807) is 37.3 Å². The highest BCUT2D eigenvalue weighted by Gasteiger charge is 2.14. The molecule has 0 saturated carbocycles. The van der Waals surface area contributed by atoms with Crippen LogP contribution in [-0.4, -0.2) is 45.7 Å². The molecule has 1 heterocycles. The summed E-state index contributed by atoms with van der Waals surface area (Å²) >= 11 is 1.19. The van der Waals surface area contributed by atoms with Crippen molar-refractivity contribution < 1.29 is 19.1 Å². The third kappa shape index (κ3) is 6.84. The molecule has 33 heavy (non-hydrogen) atoms. The summed E-state index contributed by atoms with van der Waals surface area (Å²) in [6, 6.07) is 14.5. The van der Waals surface area contributed by atoms with Gasteiger partial charge in [-0.05, 0) is 61.9 Å². The number of nitrogens with one attached hydrogen (secondary N) is 1. The maximum atomic E-state index is 12.3. The molecular formula is C23H25N5O4S. The number of nitrogen functional groups attached to an aromatic ring is 1. The number of nitrogens with zero attached hydrogens (tertiary/aromatic N) is 3. The maximum Gasteiger partial charge on any atom is 0.330 e. The van der Waals surface area contributed by atoms with Gasteiger partial charge in [-0.25, -0.2) is 9.47 Å². The van der Waals surface area contributed by atoms with E-state index >= 15 is 0 Å². The number of ether oxygens (including phenoxy) is 2. The molecule has 3 aromatic rings. The van der Waals surface area contributed by atoms with Crippen LogP contribution in [0.5, 0.6) is 5.75 Å². The smallest absolute Gasteiger partial charge is 0.330 e. The third-order valence-electron chi connectivity index (χ3n) is 4.31. The van der Waals surface area contributed by atoms with Crippen LogP contribution in [0.15, 0.2) is 59.8 Å². The van der Waals surface area contributed by atoms with Gasteiger partial charge in [0.15, 0.2) is 5.82 Å². The molecule has 1 amide bonds. The second kappa shape index (κ2) is 11.7. The predicted octanol–water partition coefficient (Wildman–Crippen LogP) is 3.36. The van der Waals surface area contributed by atoms with Crippen molar-refractivity contribution in [2.24, 2.45) is 0 Å². The van der Waals surface area contributed by atoms with Gasteiger partial charge >= 0.3 is 5.97 Å². The lowest BCUT2D eigenvalue weighted by Gasteiger charge is -2.07. The Morgan fingerprint density at radius 1 is 1.06 bits per heavy atom. The van der Waals surface area contributed by atoms with Crippen LogP contribution in [0.2, 0.25) is 0 Å². The Morgan fingerprint density at radius 3 is 2.45 bits per heavy atom. The molecule has 0 aliphatic heterocycles. The first-order chi connectivity index (χ1) is 16.0. The fourth-order valence-electron chi connectivity index (χ4n) is 2.80. The van der Waals surface area contributed by atoms with Crippen LogP contribution < -0.4 is 15.9 Å². The van der Waals surface area contributed by atoms with Crippen molar-refractivity contribution in [3.8, 4) is 17.1 Å². The number of hydrogen-bond donors (Lipinski definition) is 2. The molecule has 0 bridgehead atoms. The van der Waals surface area contributed by atoms with E-state index in [9.17, 15) is 9.59 Å². The van der Waals surface area contributed by atoms with Gasteiger partial charge < -0.3 is 20.6 Å². The van der Waals surface area contributed by atoms with Gasteiger partial charge in [-0.1, -0.05) is 23.9 Å². The summed E-state index contributed by atoms with van der Waals surface area (Å²) in [4.78, 5) is 23.7. The van der Waals surface area contributed by atoms with E-state index in [-0.39, 0.29) is 11.7 Å². The van der Waals surface area contributed by atoms with Crippen molar-refractivity contribution in [1.82, 2.24) is 14.9 Å². The first kappa shape index (κ1) is 23.9. The van der Waals surface area contributed by atoms with Gasteiger partial charge in [-0.15, -0.1) is 10.2 Å². The lowest BCUT2D eigenvalue weighted by Crippen LogP contribution is -2.16. The standard InChI is InChI=1S/C23H25N5O4S/c1-3-31-19-12-8-17(9-13-19)22-26-27-23(28(22)24)33-15-20(29)25-18-10-5-16(6-11-18)7-14-21(30)32-4-2/h5-14H,3-4,15,24H2,1-2H3,(H,25,29)/b14-7+. The number of benzene rings is 2. The number of carbonyl (C=O) groups excluding carboxylic acids is 2. The van der Waals surface area contributed by atoms with Gasteiger partial charge in [-0.2, -0.15) is 0 Å². The number of aromatic nitrogens is 3. The van der Waals surface area contributed by atoms with Gasteiger partial charge in [-0.3, -0.25) is 4.79 Å². The maximum absolute atomic E-state index is 12.3. The lowest BCUT2D eigenvalue weighted by atomic mass is 10.2. The Labute approximate surface area is 196 Å². The number of amides is 1. The number of hydrogen-bond acceptors (Lipinski definition) is 8. The van der Waals surface area contributed by atoms with E-state index in [0.717, 1.165) is 16.9 Å². The summed E-state index contributed by atoms with van der Waals surface area (Å²) in [5.41, 5.74) is 2.24.